The fourth-order valence-corrected chi connectivity index (χ4v) is 18.7. The number of aryl methyl sites for hydroxylation is 5. The molecule has 0 bridgehead atoms. The summed E-state index contributed by atoms with van der Waals surface area (Å²) in [7, 11) is -1.23. The maximum atomic E-state index is 14.0. The van der Waals surface area contributed by atoms with Crippen molar-refractivity contribution in [3.05, 3.63) is 197 Å². The molecule has 1 aliphatic carbocycles. The summed E-state index contributed by atoms with van der Waals surface area (Å²) < 4.78 is 185. The zero-order valence-electron chi connectivity index (χ0n) is 77.3. The average molecular weight is 2130 g/mol. The van der Waals surface area contributed by atoms with E-state index in [1.54, 1.807) is 124 Å². The number of ether oxygens (including phenoxy) is 2. The molecule has 3 atom stereocenters. The van der Waals surface area contributed by atoms with Gasteiger partial charge in [-0.15, -0.1) is 23.5 Å². The summed E-state index contributed by atoms with van der Waals surface area (Å²) >= 11 is 24.6. The number of anilines is 6. The molecule has 9 aromatic heterocycles. The molecule has 11 N–H and O–H groups in total. The van der Waals surface area contributed by atoms with Gasteiger partial charge < -0.3 is 75.6 Å². The number of carbonyl (C=O) groups is 1. The van der Waals surface area contributed by atoms with Gasteiger partial charge in [-0.1, -0.05) is 65.1 Å². The van der Waals surface area contributed by atoms with E-state index in [0.29, 0.717) is 37.3 Å². The van der Waals surface area contributed by atoms with Gasteiger partial charge in [-0.25, -0.2) is 96.5 Å². The Hall–Kier alpha value is -10.8. The van der Waals surface area contributed by atoms with Crippen LogP contribution in [-0.2, 0) is 88.3 Å². The number of primary amides is 1. The van der Waals surface area contributed by atoms with Crippen LogP contribution in [0.25, 0.3) is 67.4 Å². The van der Waals surface area contributed by atoms with E-state index in [2.05, 4.69) is 106 Å². The van der Waals surface area contributed by atoms with Crippen LogP contribution in [0.5, 0.6) is 0 Å². The van der Waals surface area contributed by atoms with Crippen molar-refractivity contribution in [2.24, 2.45) is 46.9 Å². The standard InChI is InChI=1S/C23H23ClF2N6O3S.C13H20BNO2S.C12H11Cl2F2N3O.2C11H13N3O2S.C11H13N3S.C4H5BrN2.C4H5F2NO/c1-31-11-16(27-12-31)13-6-7-14(17(9-13)36(2,33)34)28-15-10-18(24)29-22-20(15)30-23(21(25)26)32(22)19-5-3-4-8-35-19;1-12(2)13(3,4)17-14(16-12)9-6-7-10(15)11(8-9)18-5;13-6-5-7(14)17-11-9(6)18-12(10(15)16)19(11)8-3-1-2-4-20-8;2*1-14-6-10(13-7-14)8-3-4-9(12)11(5-8)17(2,15)16;1-14-6-10(13-7-14)8-3-4-9(12)11(5-8)15-2;1-7-2-4(5)6-3-7;5-4(6)1-2(4)3(7)8/h6-7,9-12,19,21H,3-5,8H2,1-2H3,(H,28,29);6-8H,15H2,1-5H3;5,8,10H,1-4H2;2*3-7H,12H2,1-2H3;3-7H,12H2,1-2H3;2-3H,1H3;2H,1H2,(H2,7,8). The molecular formula is C89H103BBrCl3F6N22O11S5. The Balaban J connectivity index is 0.000000158. The third-order valence-electron chi connectivity index (χ3n) is 21.9. The number of rotatable bonds is 17. The SMILES string of the molecule is CSc1cc(-c2cn(C)cn2)ccc1N.CSc1cc(B2OC(C)(C)C(C)(C)O2)ccc1N.Cn1cnc(-c2ccc(N)c(S(C)(=O)=O)c2)c1.Cn1cnc(-c2ccc(N)c(S(C)(=O)=O)c2)c1.Cn1cnc(-c2ccc(Nc3cc(Cl)nc4c3nc(C(F)F)n4C3CCCCO3)c(S(C)(=O)=O)c2)c1.Cn1cnc(Br)c1.FC(F)c1nc2c(Cl)cc(Cl)nc2n1C1CCCCO1.NC(=O)C1CC1(F)F. The molecule has 12 heterocycles. The van der Waals surface area contributed by atoms with Crippen molar-refractivity contribution in [1.82, 2.24) is 76.8 Å². The van der Waals surface area contributed by atoms with Crippen molar-refractivity contribution >= 4 is 179 Å². The van der Waals surface area contributed by atoms with Gasteiger partial charge >= 0.3 is 7.12 Å². The zero-order chi connectivity index (χ0) is 101. The van der Waals surface area contributed by atoms with Crippen LogP contribution in [-0.4, -0.2) is 177 Å². The fourth-order valence-electron chi connectivity index (χ4n) is 14.0. The number of hydrogen-bond donors (Lipinski definition) is 6. The van der Waals surface area contributed by atoms with E-state index in [4.69, 9.17) is 76.5 Å². The number of nitrogens with two attached hydrogens (primary N) is 5. The van der Waals surface area contributed by atoms with Crippen LogP contribution in [0.4, 0.5) is 60.5 Å². The Morgan fingerprint density at radius 1 is 0.500 bits per heavy atom. The number of sulfone groups is 3. The average Bonchev–Trinajstić information content (AvgIpc) is 1.57. The number of thioether (sulfide) groups is 2. The fraction of sp³-hybridized carbons (Fsp3) is 0.348. The molecule has 33 nitrogen and oxygen atoms in total. The summed E-state index contributed by atoms with van der Waals surface area (Å²) in [6.45, 7) is 9.19. The van der Waals surface area contributed by atoms with Gasteiger partial charge in [-0.2, -0.15) is 0 Å². The highest BCUT2D eigenvalue weighted by Gasteiger charge is 2.60. The zero-order valence-corrected chi connectivity index (χ0v) is 85.2. The van der Waals surface area contributed by atoms with Gasteiger partial charge in [-0.05, 0) is 167 Å². The number of nitrogens with one attached hydrogen (secondary N) is 1. The largest absolute Gasteiger partial charge is 0.494 e. The lowest BCUT2D eigenvalue weighted by Crippen LogP contribution is -2.41. The van der Waals surface area contributed by atoms with Crippen molar-refractivity contribution < 1.29 is 75.2 Å². The lowest BCUT2D eigenvalue weighted by atomic mass is 9.79. The molecule has 138 heavy (non-hydrogen) atoms. The van der Waals surface area contributed by atoms with Gasteiger partial charge in [-0.3, -0.25) is 13.9 Å². The highest BCUT2D eigenvalue weighted by Crippen LogP contribution is 2.48. The first-order valence-corrected chi connectivity index (χ1v) is 52.2. The summed E-state index contributed by atoms with van der Waals surface area (Å²) in [5.41, 5.74) is 37.6. The minimum absolute atomic E-state index is 0.0101. The summed E-state index contributed by atoms with van der Waals surface area (Å²) in [5, 5.41) is 3.42. The van der Waals surface area contributed by atoms with Crippen LogP contribution in [0.3, 0.4) is 0 Å². The number of nitrogen functional groups attached to an aromatic ring is 4. The Kier molecular flexibility index (Phi) is 35.3. The number of alkyl halides is 6. The minimum Gasteiger partial charge on any atom is -0.399 e. The van der Waals surface area contributed by atoms with Gasteiger partial charge in [0.05, 0.1) is 108 Å². The first kappa shape index (κ1) is 108. The van der Waals surface area contributed by atoms with E-state index in [1.807, 2.05) is 112 Å². The molecule has 1 amide bonds. The normalized spacial score (nSPS) is 16.4. The van der Waals surface area contributed by atoms with Crippen LogP contribution < -0.4 is 39.4 Å². The number of carbonyl (C=O) groups excluding carboxylic acids is 1. The number of hydrogen-bond acceptors (Lipinski definition) is 27. The molecule has 1 saturated carbocycles. The molecule has 0 radical (unpaired) electrons. The van der Waals surface area contributed by atoms with E-state index in [1.165, 1.54) is 27.3 Å². The van der Waals surface area contributed by atoms with E-state index >= 15 is 0 Å². The lowest BCUT2D eigenvalue weighted by Gasteiger charge is -2.32. The van der Waals surface area contributed by atoms with E-state index < -0.39 is 78.4 Å². The summed E-state index contributed by atoms with van der Waals surface area (Å²) in [4.78, 5) is 49.6. The van der Waals surface area contributed by atoms with Crippen molar-refractivity contribution in [3.8, 4) is 45.0 Å². The molecule has 4 fully saturated rings. The number of amides is 1. The summed E-state index contributed by atoms with van der Waals surface area (Å²) in [5.74, 6) is -5.73. The van der Waals surface area contributed by atoms with Crippen molar-refractivity contribution in [2.75, 3.05) is 72.7 Å². The number of imidazole rings is 7. The Labute approximate surface area is 826 Å². The Morgan fingerprint density at radius 2 is 0.870 bits per heavy atom. The lowest BCUT2D eigenvalue weighted by molar-refractivity contribution is -0.121. The summed E-state index contributed by atoms with van der Waals surface area (Å²) in [6, 6.07) is 29.3. The van der Waals surface area contributed by atoms with Crippen molar-refractivity contribution in [3.63, 3.8) is 0 Å². The molecular weight excluding hydrogens is 2020 g/mol. The van der Waals surface area contributed by atoms with E-state index in [-0.39, 0.29) is 106 Å². The molecule has 14 aromatic rings. The Morgan fingerprint density at radius 3 is 1.22 bits per heavy atom. The van der Waals surface area contributed by atoms with Crippen molar-refractivity contribution in [1.29, 1.82) is 0 Å². The van der Waals surface area contributed by atoms with E-state index in [9.17, 15) is 56.4 Å². The van der Waals surface area contributed by atoms with E-state index in [0.717, 1.165) is 109 Å². The van der Waals surface area contributed by atoms with Gasteiger partial charge in [0.1, 0.15) is 44.3 Å². The van der Waals surface area contributed by atoms with Gasteiger partial charge in [0.2, 0.25) is 5.91 Å². The predicted molar refractivity (Wildman–Crippen MR) is 531 cm³/mol. The second kappa shape index (κ2) is 45.2. The molecule has 3 aliphatic heterocycles. The van der Waals surface area contributed by atoms with Crippen LogP contribution >= 0.6 is 74.3 Å². The van der Waals surface area contributed by atoms with Crippen LogP contribution in [0.1, 0.15) is 110 Å². The third kappa shape index (κ3) is 27.5. The maximum Gasteiger partial charge on any atom is 0.494 e. The number of halogens is 10. The minimum atomic E-state index is -3.69. The molecule has 3 unspecified atom stereocenters. The molecule has 49 heteroatoms. The Bertz CT molecular complexity index is 6910. The number of pyridine rings is 2. The molecule has 18 rings (SSSR count). The van der Waals surface area contributed by atoms with Crippen LogP contribution in [0.15, 0.2) is 195 Å². The number of nitrogens with zero attached hydrogens (tertiary/aromatic N) is 16. The highest BCUT2D eigenvalue weighted by atomic mass is 79.9. The smallest absolute Gasteiger partial charge is 0.399 e. The van der Waals surface area contributed by atoms with Gasteiger partial charge in [0.15, 0.2) is 52.5 Å². The molecule has 738 valence electrons. The van der Waals surface area contributed by atoms with Crippen molar-refractivity contribution in [2.45, 2.75) is 140 Å². The number of benzene rings is 5. The van der Waals surface area contributed by atoms with Gasteiger partial charge in [0.25, 0.3) is 18.8 Å². The highest BCUT2D eigenvalue weighted by molar-refractivity contribution is 9.10. The number of aromatic nitrogens is 16. The molecule has 4 aliphatic rings. The van der Waals surface area contributed by atoms with Crippen LogP contribution in [0, 0.1) is 5.92 Å². The van der Waals surface area contributed by atoms with Gasteiger partial charge in [0, 0.05) is 154 Å². The molecule has 5 aromatic carbocycles. The summed E-state index contributed by atoms with van der Waals surface area (Å²) in [6.07, 6.45) is 22.7. The topological polar surface area (TPSA) is 449 Å². The first-order chi connectivity index (χ1) is 64.7. The quantitative estimate of drug-likeness (QED) is 0.0162. The second-order valence-corrected chi connectivity index (χ2v) is 43.0. The third-order valence-corrected chi connectivity index (χ3v) is 28.0. The predicted octanol–water partition coefficient (Wildman–Crippen LogP) is 17.8. The maximum absolute atomic E-state index is 14.0. The molecule has 0 spiro atoms. The van der Waals surface area contributed by atoms with Crippen LogP contribution in [0.2, 0.25) is 15.3 Å². The first-order valence-electron chi connectivity index (χ1n) is 42.1. The second-order valence-electron chi connectivity index (χ2n) is 33.4. The monoisotopic (exact) mass is 2120 g/mol. The number of fused-ring (bicyclic) bond motifs is 2. The molecule has 3 saturated heterocycles.